The molecule has 0 unspecified atom stereocenters. The molecule has 0 aromatic heterocycles. The minimum atomic E-state index is -0.409. The highest BCUT2D eigenvalue weighted by atomic mass is 16.6. The van der Waals surface area contributed by atoms with E-state index < -0.39 is 5.97 Å². The van der Waals surface area contributed by atoms with Crippen LogP contribution in [0.3, 0.4) is 0 Å². The Balaban J connectivity index is 2.49. The number of nitrogens with zero attached hydrogens (tertiary/aromatic N) is 1. The van der Waals surface area contributed by atoms with Crippen molar-refractivity contribution in [3.05, 3.63) is 0 Å². The maximum Gasteiger partial charge on any atom is 0.306 e. The molecule has 0 spiro atoms. The van der Waals surface area contributed by atoms with Crippen LogP contribution in [0.25, 0.3) is 0 Å². The number of rotatable bonds is 7. The Morgan fingerprint density at radius 3 is 2.09 bits per heavy atom. The molecule has 0 atom stereocenters. The largest absolute Gasteiger partial charge is 0.469 e. The van der Waals surface area contributed by atoms with Gasteiger partial charge in [0, 0.05) is 17.6 Å². The fraction of sp³-hybridized carbons (Fsp3) is 0.875. The number of carbonyl (C=O) groups excluding carboxylic acids is 2. The summed E-state index contributed by atoms with van der Waals surface area (Å²) in [6, 6.07) is 0. The molecular formula is C16H30N2O5. The molecule has 1 aliphatic rings. The van der Waals surface area contributed by atoms with Crippen LogP contribution in [0.5, 0.6) is 0 Å². The van der Waals surface area contributed by atoms with Crippen LogP contribution in [-0.2, 0) is 23.9 Å². The molecule has 23 heavy (non-hydrogen) atoms. The van der Waals surface area contributed by atoms with Gasteiger partial charge >= 0.3 is 11.9 Å². The average Bonchev–Trinajstić information content (AvgIpc) is 2.46. The van der Waals surface area contributed by atoms with Crippen molar-refractivity contribution in [3.8, 4) is 0 Å². The first-order chi connectivity index (χ1) is 10.6. The van der Waals surface area contributed by atoms with Crippen LogP contribution in [0.1, 0.15) is 53.4 Å². The quantitative estimate of drug-likeness (QED) is 0.557. The van der Waals surface area contributed by atoms with Gasteiger partial charge in [0.25, 0.3) is 0 Å². The van der Waals surface area contributed by atoms with E-state index in [-0.39, 0.29) is 36.0 Å². The van der Waals surface area contributed by atoms with E-state index in [0.29, 0.717) is 13.2 Å². The van der Waals surface area contributed by atoms with E-state index in [2.05, 4.69) is 37.3 Å². The van der Waals surface area contributed by atoms with Crippen molar-refractivity contribution in [2.45, 2.75) is 70.6 Å². The summed E-state index contributed by atoms with van der Waals surface area (Å²) >= 11 is 0. The molecule has 7 nitrogen and oxygen atoms in total. The second kappa shape index (κ2) is 8.08. The van der Waals surface area contributed by atoms with E-state index in [1.165, 1.54) is 7.11 Å². The summed E-state index contributed by atoms with van der Waals surface area (Å²) < 4.78 is 9.73. The molecule has 1 rings (SSSR count). The molecule has 7 heteroatoms. The van der Waals surface area contributed by atoms with Gasteiger partial charge in [-0.2, -0.15) is 0 Å². The number of piperidine rings is 1. The molecule has 1 fully saturated rings. The van der Waals surface area contributed by atoms with E-state index in [1.807, 2.05) is 0 Å². The van der Waals surface area contributed by atoms with Crippen molar-refractivity contribution < 1.29 is 23.9 Å². The lowest BCUT2D eigenvalue weighted by Crippen LogP contribution is -2.63. The van der Waals surface area contributed by atoms with E-state index in [9.17, 15) is 9.59 Å². The Labute approximate surface area is 138 Å². The fourth-order valence-corrected chi connectivity index (χ4v) is 3.56. The molecule has 1 saturated heterocycles. The topological polar surface area (TPSA) is 91.1 Å². The lowest BCUT2D eigenvalue weighted by atomic mass is 9.78. The minimum Gasteiger partial charge on any atom is -0.469 e. The zero-order chi connectivity index (χ0) is 17.7. The van der Waals surface area contributed by atoms with E-state index in [4.69, 9.17) is 15.5 Å². The molecule has 0 aromatic carbocycles. The van der Waals surface area contributed by atoms with Gasteiger partial charge in [-0.15, -0.1) is 0 Å². The second-order valence-electron chi connectivity index (χ2n) is 7.24. The summed E-state index contributed by atoms with van der Waals surface area (Å²) in [6.07, 6.45) is 1.76. The van der Waals surface area contributed by atoms with Crippen LogP contribution in [0.15, 0.2) is 0 Å². The van der Waals surface area contributed by atoms with Crippen LogP contribution in [-0.4, -0.2) is 54.3 Å². The Morgan fingerprint density at radius 1 is 1.09 bits per heavy atom. The molecule has 1 heterocycles. The van der Waals surface area contributed by atoms with Crippen LogP contribution in [0, 0.1) is 0 Å². The van der Waals surface area contributed by atoms with E-state index in [0.717, 1.165) is 12.8 Å². The third kappa shape index (κ3) is 5.75. The normalized spacial score (nSPS) is 21.0. The maximum absolute atomic E-state index is 11.6. The lowest BCUT2D eigenvalue weighted by molar-refractivity contribution is -0.151. The number of ether oxygens (including phenoxy) is 2. The molecule has 0 saturated carbocycles. The Bertz CT molecular complexity index is 405. The van der Waals surface area contributed by atoms with Gasteiger partial charge in [-0.25, -0.2) is 5.90 Å². The van der Waals surface area contributed by atoms with Gasteiger partial charge < -0.3 is 14.3 Å². The molecule has 1 aliphatic heterocycles. The van der Waals surface area contributed by atoms with E-state index in [1.54, 1.807) is 0 Å². The first-order valence-electron chi connectivity index (χ1n) is 7.98. The number of nitrogens with two attached hydrogens (primary N) is 1. The molecule has 0 aromatic rings. The number of hydrogen-bond acceptors (Lipinski definition) is 7. The third-order valence-corrected chi connectivity index (χ3v) is 4.45. The van der Waals surface area contributed by atoms with Gasteiger partial charge in [0.05, 0.1) is 26.1 Å². The maximum atomic E-state index is 11.6. The molecule has 0 radical (unpaired) electrons. The second-order valence-corrected chi connectivity index (χ2v) is 7.24. The zero-order valence-corrected chi connectivity index (χ0v) is 14.9. The van der Waals surface area contributed by atoms with Gasteiger partial charge in [0.15, 0.2) is 0 Å². The molecule has 2 N–H and O–H groups in total. The number of methoxy groups -OCH3 is 1. The number of likely N-dealkylation sites (tertiary alicyclic amines) is 1. The van der Waals surface area contributed by atoms with Crippen molar-refractivity contribution in [2.75, 3.05) is 20.3 Å². The van der Waals surface area contributed by atoms with Crippen LogP contribution in [0.2, 0.25) is 0 Å². The molecule has 0 amide bonds. The SMILES string of the molecule is COC(=O)CCC(=O)OCCN1C(C)(C)CC(ON)CC1(C)C. The summed E-state index contributed by atoms with van der Waals surface area (Å²) in [5, 5.41) is 0. The van der Waals surface area contributed by atoms with Crippen LogP contribution < -0.4 is 5.90 Å². The molecule has 0 aliphatic carbocycles. The number of carbonyl (C=O) groups is 2. The predicted octanol–water partition coefficient (Wildman–Crippen LogP) is 1.39. The highest BCUT2D eigenvalue weighted by molar-refractivity contribution is 5.77. The predicted molar refractivity (Wildman–Crippen MR) is 85.4 cm³/mol. The highest BCUT2D eigenvalue weighted by Crippen LogP contribution is 2.38. The highest BCUT2D eigenvalue weighted by Gasteiger charge is 2.45. The zero-order valence-electron chi connectivity index (χ0n) is 14.9. The summed E-state index contributed by atoms with van der Waals surface area (Å²) in [5.41, 5.74) is -0.214. The van der Waals surface area contributed by atoms with Crippen molar-refractivity contribution >= 4 is 11.9 Å². The third-order valence-electron chi connectivity index (χ3n) is 4.45. The standard InChI is InChI=1S/C16H30N2O5/c1-15(2)10-12(23-17)11-16(3,4)18(15)8-9-22-14(20)7-6-13(19)21-5/h12H,6-11,17H2,1-5H3. The van der Waals surface area contributed by atoms with Crippen LogP contribution >= 0.6 is 0 Å². The van der Waals surface area contributed by atoms with Gasteiger partial charge in [0.1, 0.15) is 6.61 Å². The monoisotopic (exact) mass is 330 g/mol. The average molecular weight is 330 g/mol. The fourth-order valence-electron chi connectivity index (χ4n) is 3.56. The summed E-state index contributed by atoms with van der Waals surface area (Å²) in [6.45, 7) is 9.47. The summed E-state index contributed by atoms with van der Waals surface area (Å²) in [7, 11) is 1.30. The smallest absolute Gasteiger partial charge is 0.306 e. The number of esters is 2. The Kier molecular flexibility index (Phi) is 6.98. The van der Waals surface area contributed by atoms with Crippen molar-refractivity contribution in [2.24, 2.45) is 5.90 Å². The van der Waals surface area contributed by atoms with Gasteiger partial charge in [-0.1, -0.05) is 0 Å². The van der Waals surface area contributed by atoms with Crippen molar-refractivity contribution in [3.63, 3.8) is 0 Å². The Hall–Kier alpha value is -1.18. The summed E-state index contributed by atoms with van der Waals surface area (Å²) in [4.78, 5) is 30.0. The molecular weight excluding hydrogens is 300 g/mol. The molecule has 134 valence electrons. The van der Waals surface area contributed by atoms with Crippen molar-refractivity contribution in [1.29, 1.82) is 0 Å². The first kappa shape index (κ1) is 19.9. The Morgan fingerprint density at radius 2 is 1.61 bits per heavy atom. The lowest BCUT2D eigenvalue weighted by Gasteiger charge is -2.54. The first-order valence-corrected chi connectivity index (χ1v) is 7.98. The van der Waals surface area contributed by atoms with E-state index >= 15 is 0 Å². The van der Waals surface area contributed by atoms with Crippen molar-refractivity contribution in [1.82, 2.24) is 4.90 Å². The van der Waals surface area contributed by atoms with Gasteiger partial charge in [-0.05, 0) is 40.5 Å². The summed E-state index contributed by atoms with van der Waals surface area (Å²) in [5.74, 6) is 4.58. The molecule has 0 bridgehead atoms. The van der Waals surface area contributed by atoms with Crippen LogP contribution in [0.4, 0.5) is 0 Å². The minimum absolute atomic E-state index is 0.0267. The number of hydrogen-bond donors (Lipinski definition) is 1. The van der Waals surface area contributed by atoms with Gasteiger partial charge in [0.2, 0.25) is 0 Å². The van der Waals surface area contributed by atoms with Gasteiger partial charge in [-0.3, -0.25) is 14.5 Å².